The van der Waals surface area contributed by atoms with Gasteiger partial charge in [0.15, 0.2) is 23.8 Å². The molecule has 28 nitrogen and oxygen atoms in total. The van der Waals surface area contributed by atoms with Gasteiger partial charge in [-0.2, -0.15) is 11.8 Å². The van der Waals surface area contributed by atoms with E-state index in [-0.39, 0.29) is 73.0 Å². The molecule has 0 aliphatic carbocycles. The topological polar surface area (TPSA) is 492 Å². The smallest absolute Gasteiger partial charge is 0.240 e. The van der Waals surface area contributed by atoms with Crippen molar-refractivity contribution in [2.75, 3.05) is 49.2 Å². The van der Waals surface area contributed by atoms with E-state index in [1.165, 1.54) is 0 Å². The SMILES string of the molecule is C/C(=N/O)C(C)(C)CCCC(CCCC(O)CCCC(O)NCCCC[C@H](N)C(=O)N[C@H]1CSSC[C@@H](C(O)C[C@@H](Cc2ccccc2)C(=O)N[C@@H](CSCC=O)C(N)=O)NC(=O)[C@H](CC(O)O)CC(=O)CNC(=O)[C@H](CCCN=C(N)N)CC1=O)CCNC(C)(C)/C(C)=N\O. The summed E-state index contributed by atoms with van der Waals surface area (Å²) in [6.45, 7) is 12.3. The standard InChI is InChI=1S/C65H113N13O15S3/c1-41(77-92)64(3,4)26-14-19-43(25-29-73-65(5,6)42(2)78-93)18-12-21-48(80)22-13-24-56(84)70-27-11-10-23-50(66)62(91)75-52-40-96-95-39-51(55(83)35-46(32-44-16-8-7-9-17-44)60(89)76-53(58(67)87)38-94-31-30-79)74-61(90)47(36-57(85)86)33-49(81)37-72-59(88)45(34-54(52)82)20-15-28-71-63(68)69/h7-9,16-17,30,43,45-48,50-53,55-57,70,73,80,83-86,92-93H,10-15,18-29,31-40,66H2,1-6H3,(H2,67,87)(H,72,88)(H,74,90)(H,75,91)(H,76,89)(H4,68,69,71)/b77-41-,78-42-/t43?,45-,46-,47+,48?,50+,51+,52+,53+,55?,56?/m1/s1. The molecule has 1 fully saturated rings. The Kier molecular flexibility index (Phi) is 42.9. The van der Waals surface area contributed by atoms with E-state index in [0.717, 1.165) is 78.4 Å². The number of nitrogens with zero attached hydrogens (tertiary/aromatic N) is 3. The van der Waals surface area contributed by atoms with Gasteiger partial charge in [0.1, 0.15) is 18.6 Å². The molecule has 546 valence electrons. The number of primary amides is 1. The first-order valence-electron chi connectivity index (χ1n) is 33.3. The number of aliphatic hydroxyl groups excluding tert-OH is 4. The van der Waals surface area contributed by atoms with Crippen molar-refractivity contribution in [1.82, 2.24) is 31.9 Å². The van der Waals surface area contributed by atoms with Gasteiger partial charge >= 0.3 is 0 Å². The quantitative estimate of drug-likeness (QED) is 0.00651. The van der Waals surface area contributed by atoms with Crippen LogP contribution in [0.4, 0.5) is 0 Å². The van der Waals surface area contributed by atoms with Crippen molar-refractivity contribution >= 4 is 98.1 Å². The van der Waals surface area contributed by atoms with Crippen molar-refractivity contribution < 1.29 is 74.3 Å². The predicted molar refractivity (Wildman–Crippen MR) is 377 cm³/mol. The lowest BCUT2D eigenvalue weighted by Crippen LogP contribution is -2.51. The molecule has 0 aromatic heterocycles. The maximum absolute atomic E-state index is 14.4. The van der Waals surface area contributed by atoms with Crippen molar-refractivity contribution in [2.24, 2.45) is 67.3 Å². The normalized spacial score (nSPS) is 20.0. The number of unbranched alkanes of at least 4 members (excludes halogenated alkanes) is 1. The third-order valence-corrected chi connectivity index (χ3v) is 21.0. The number of hydrogen-bond acceptors (Lipinski definition) is 24. The van der Waals surface area contributed by atoms with Gasteiger partial charge in [-0.25, -0.2) is 0 Å². The Labute approximate surface area is 578 Å². The van der Waals surface area contributed by atoms with Crippen molar-refractivity contribution in [1.29, 1.82) is 0 Å². The zero-order valence-corrected chi connectivity index (χ0v) is 59.4. The lowest BCUT2D eigenvalue weighted by Gasteiger charge is -2.29. The van der Waals surface area contributed by atoms with Crippen LogP contribution in [0.1, 0.15) is 169 Å². The van der Waals surface area contributed by atoms with E-state index < -0.39 is 139 Å². The number of oxime groups is 2. The first-order valence-corrected chi connectivity index (χ1v) is 37.0. The van der Waals surface area contributed by atoms with Crippen molar-refractivity contribution in [3.63, 3.8) is 0 Å². The van der Waals surface area contributed by atoms with Crippen LogP contribution in [0.5, 0.6) is 0 Å². The number of aliphatic imine (C=N–C) groups is 1. The summed E-state index contributed by atoms with van der Waals surface area (Å²) in [4.78, 5) is 111. The molecule has 4 unspecified atom stereocenters. The lowest BCUT2D eigenvalue weighted by atomic mass is 9.81. The molecular formula is C65H113N13O15S3. The minimum Gasteiger partial charge on any atom is -0.411 e. The first-order chi connectivity index (χ1) is 45.4. The van der Waals surface area contributed by atoms with E-state index in [1.54, 1.807) is 37.3 Å². The number of aliphatic hydroxyl groups is 5. The second-order valence-electron chi connectivity index (χ2n) is 26.2. The van der Waals surface area contributed by atoms with Crippen LogP contribution in [0.15, 0.2) is 45.6 Å². The highest BCUT2D eigenvalue weighted by Gasteiger charge is 2.35. The maximum Gasteiger partial charge on any atom is 0.240 e. The van der Waals surface area contributed by atoms with Crippen LogP contribution in [0.25, 0.3) is 0 Å². The van der Waals surface area contributed by atoms with Crippen LogP contribution in [-0.2, 0) is 44.8 Å². The molecule has 1 aliphatic rings. The molecule has 1 saturated heterocycles. The number of carbonyl (C=O) groups excluding carboxylic acids is 8. The van der Waals surface area contributed by atoms with E-state index in [9.17, 15) is 74.3 Å². The lowest BCUT2D eigenvalue weighted by molar-refractivity contribution is -0.135. The largest absolute Gasteiger partial charge is 0.411 e. The fourth-order valence-electron chi connectivity index (χ4n) is 10.9. The third-order valence-electron chi connectivity index (χ3n) is 17.6. The minimum absolute atomic E-state index is 0.0109. The van der Waals surface area contributed by atoms with Crippen molar-refractivity contribution in [3.8, 4) is 0 Å². The zero-order valence-electron chi connectivity index (χ0n) is 57.0. The van der Waals surface area contributed by atoms with Crippen molar-refractivity contribution in [3.05, 3.63) is 35.9 Å². The molecule has 1 heterocycles. The second kappa shape index (κ2) is 47.5. The van der Waals surface area contributed by atoms with Crippen LogP contribution in [0.2, 0.25) is 0 Å². The summed E-state index contributed by atoms with van der Waals surface area (Å²) in [6, 6.07) is 4.11. The number of benzene rings is 1. The van der Waals surface area contributed by atoms with Crippen LogP contribution in [0.3, 0.4) is 0 Å². The summed E-state index contributed by atoms with van der Waals surface area (Å²) >= 11 is 1.08. The number of nitrogens with two attached hydrogens (primary N) is 4. The van der Waals surface area contributed by atoms with Crippen LogP contribution < -0.4 is 54.8 Å². The molecule has 0 saturated carbocycles. The van der Waals surface area contributed by atoms with Gasteiger partial charge in [-0.3, -0.25) is 43.9 Å². The Morgan fingerprint density at radius 2 is 1.45 bits per heavy atom. The fourth-order valence-corrected chi connectivity index (χ4v) is 14.0. The van der Waals surface area contributed by atoms with E-state index in [2.05, 4.69) is 61.1 Å². The van der Waals surface area contributed by atoms with Crippen molar-refractivity contribution in [2.45, 2.75) is 224 Å². The molecule has 5 amide bonds. The Hall–Kier alpha value is -5.48. The van der Waals surface area contributed by atoms with Crippen LogP contribution in [-0.4, -0.2) is 204 Å². The Morgan fingerprint density at radius 1 is 0.781 bits per heavy atom. The monoisotopic (exact) mass is 1410 g/mol. The predicted octanol–water partition coefficient (Wildman–Crippen LogP) is 2.26. The fraction of sp³-hybridized carbons (Fsp3) is 0.738. The van der Waals surface area contributed by atoms with E-state index in [0.29, 0.717) is 74.3 Å². The number of nitrogens with one attached hydrogen (secondary N) is 6. The molecule has 0 spiro atoms. The highest BCUT2D eigenvalue weighted by molar-refractivity contribution is 8.76. The Morgan fingerprint density at radius 3 is 2.09 bits per heavy atom. The van der Waals surface area contributed by atoms with Gasteiger partial charge in [0.25, 0.3) is 0 Å². The molecular weight excluding hydrogens is 1300 g/mol. The number of amides is 5. The van der Waals surface area contributed by atoms with Gasteiger partial charge in [0, 0.05) is 72.0 Å². The van der Waals surface area contributed by atoms with Crippen LogP contribution in [0, 0.1) is 29.1 Å². The van der Waals surface area contributed by atoms with Gasteiger partial charge in [-0.1, -0.05) is 108 Å². The van der Waals surface area contributed by atoms with E-state index in [4.69, 9.17) is 22.9 Å². The van der Waals surface area contributed by atoms with E-state index in [1.807, 2.05) is 20.8 Å². The summed E-state index contributed by atoms with van der Waals surface area (Å²) in [5.41, 5.74) is 24.4. The molecule has 11 atom stereocenters. The number of aldehydes is 1. The zero-order chi connectivity index (χ0) is 71.8. The first kappa shape index (κ1) is 86.6. The molecule has 2 rings (SSSR count). The minimum atomic E-state index is -2.05. The Bertz CT molecular complexity index is 2570. The molecule has 0 bridgehead atoms. The van der Waals surface area contributed by atoms with E-state index >= 15 is 0 Å². The number of carbonyl (C=O) groups is 8. The number of hydrogen-bond donors (Lipinski definition) is 17. The summed E-state index contributed by atoms with van der Waals surface area (Å²) in [6.07, 6.45) is 2.92. The molecule has 21 N–H and O–H groups in total. The second-order valence-corrected chi connectivity index (χ2v) is 29.9. The average molecular weight is 1410 g/mol. The molecule has 1 aromatic rings. The summed E-state index contributed by atoms with van der Waals surface area (Å²) in [5, 5.41) is 96.6. The summed E-state index contributed by atoms with van der Waals surface area (Å²) in [7, 11) is 2.18. The summed E-state index contributed by atoms with van der Waals surface area (Å²) in [5.74, 6) is -8.37. The van der Waals surface area contributed by atoms with Gasteiger partial charge < -0.3 is 90.3 Å². The number of Topliss-reactive ketones (excluding diaryl/α,β-unsaturated/α-hetero) is 2. The molecule has 0 radical (unpaired) electrons. The number of guanidine groups is 1. The van der Waals surface area contributed by atoms with Gasteiger partial charge in [-0.15, -0.1) is 0 Å². The number of rotatable bonds is 44. The molecule has 31 heteroatoms. The number of ketones is 2. The van der Waals surface area contributed by atoms with Gasteiger partial charge in [0.05, 0.1) is 53.8 Å². The molecule has 1 aliphatic heterocycles. The molecule has 96 heavy (non-hydrogen) atoms. The number of thioether (sulfide) groups is 1. The van der Waals surface area contributed by atoms with Gasteiger partial charge in [0.2, 0.25) is 29.5 Å². The highest BCUT2D eigenvalue weighted by Crippen LogP contribution is 2.31. The summed E-state index contributed by atoms with van der Waals surface area (Å²) < 4.78 is 0. The average Bonchev–Trinajstić information content (AvgIpc) is 1.03. The van der Waals surface area contributed by atoms with Crippen LogP contribution >= 0.6 is 33.3 Å². The molecule has 1 aromatic carbocycles. The highest BCUT2D eigenvalue weighted by atomic mass is 33.1. The van der Waals surface area contributed by atoms with Gasteiger partial charge in [-0.05, 0) is 129 Å². The third kappa shape index (κ3) is 36.4. The maximum atomic E-state index is 14.4. The Balaban J connectivity index is 2.21.